The second-order valence-corrected chi connectivity index (χ2v) is 31.1. The quantitative estimate of drug-likeness (QED) is 0.163. The van der Waals surface area contributed by atoms with Crippen LogP contribution in [0.25, 0.3) is 105 Å². The molecule has 3 heterocycles. The number of nitrogens with zero attached hydrogens (tertiary/aromatic N) is 3. The highest BCUT2D eigenvalue weighted by molar-refractivity contribution is 7.00. The van der Waals surface area contributed by atoms with Gasteiger partial charge in [-0.05, 0) is 210 Å². The summed E-state index contributed by atoms with van der Waals surface area (Å²) in [6.07, 6.45) is 0. The summed E-state index contributed by atoms with van der Waals surface area (Å²) in [7, 11) is 0. The summed E-state index contributed by atoms with van der Waals surface area (Å²) in [5, 5.41) is 2.44. The number of benzene rings is 17. The second-order valence-electron chi connectivity index (χ2n) is 31.1. The fourth-order valence-electron chi connectivity index (χ4n) is 22.8. The Balaban J connectivity index is 0.855. The lowest BCUT2D eigenvalue weighted by Crippen LogP contribution is -2.62. The molecule has 3 spiro atoms. The van der Waals surface area contributed by atoms with Crippen LogP contribution >= 0.6 is 0 Å². The largest absolute Gasteiger partial charge is 0.311 e. The average molecular weight is 1380 g/mol. The predicted molar refractivity (Wildman–Crippen MR) is 449 cm³/mol. The first-order chi connectivity index (χ1) is 54.1. The van der Waals surface area contributed by atoms with Crippen LogP contribution in [0, 0.1) is 0 Å². The SMILES string of the molecule is c1ccc(-c2ccc(N3c4cc5c(cc4B4c6ccc7c(c6N(c6ccc8c(c6)C6(c9ccccc9-c9ccccc96)c6ccccc6-8)c6cc(-n8c9ccccc9c9ccccc98)cc3c64)C3(c4ccccc4-c4ccccc43)c3ccccc3-7)C3(c4ccccc4-c4ccccc43)c3ccccc3-5)cc2)cc1. The Morgan fingerprint density at radius 3 is 1.05 bits per heavy atom. The third kappa shape index (κ3) is 6.96. The number of fused-ring (bicyclic) bond motifs is 38. The van der Waals surface area contributed by atoms with Gasteiger partial charge in [-0.3, -0.25) is 0 Å². The van der Waals surface area contributed by atoms with E-state index in [1.807, 2.05) is 0 Å². The molecule has 0 N–H and O–H groups in total. The molecule has 8 aliphatic rings. The van der Waals surface area contributed by atoms with Gasteiger partial charge in [0.05, 0.1) is 33.0 Å². The van der Waals surface area contributed by atoms with E-state index < -0.39 is 16.2 Å². The van der Waals surface area contributed by atoms with Gasteiger partial charge in [0, 0.05) is 50.5 Å². The number of aromatic nitrogens is 1. The summed E-state index contributed by atoms with van der Waals surface area (Å²) < 4.78 is 2.57. The van der Waals surface area contributed by atoms with Crippen molar-refractivity contribution >= 4 is 79.0 Å². The lowest BCUT2D eigenvalue weighted by molar-refractivity contribution is 0.790. The molecule has 26 rings (SSSR count). The van der Waals surface area contributed by atoms with Crippen molar-refractivity contribution in [1.82, 2.24) is 4.57 Å². The van der Waals surface area contributed by atoms with Crippen LogP contribution in [0.2, 0.25) is 0 Å². The minimum Gasteiger partial charge on any atom is -0.311 e. The Kier molecular flexibility index (Phi) is 11.2. The number of para-hydroxylation sites is 2. The molecule has 18 aromatic rings. The third-order valence-corrected chi connectivity index (χ3v) is 26.6. The zero-order chi connectivity index (χ0) is 70.7. The highest BCUT2D eigenvalue weighted by atomic mass is 15.2. The van der Waals surface area contributed by atoms with Crippen molar-refractivity contribution in [3.05, 3.63) is 443 Å². The van der Waals surface area contributed by atoms with Crippen LogP contribution in [-0.4, -0.2) is 11.3 Å². The zero-order valence-corrected chi connectivity index (χ0v) is 59.2. The minimum absolute atomic E-state index is 0.298. The van der Waals surface area contributed by atoms with Crippen LogP contribution in [0.5, 0.6) is 0 Å². The molecular formula is C105H62BN3. The normalized spacial score (nSPS) is 15.0. The van der Waals surface area contributed by atoms with Crippen molar-refractivity contribution < 1.29 is 0 Å². The Bertz CT molecular complexity index is 6930. The van der Waals surface area contributed by atoms with Crippen molar-refractivity contribution in [3.8, 4) is 83.6 Å². The fraction of sp³-hybridized carbons (Fsp3) is 0.0286. The maximum atomic E-state index is 2.82. The number of hydrogen-bond acceptors (Lipinski definition) is 2. The van der Waals surface area contributed by atoms with Crippen LogP contribution < -0.4 is 26.2 Å². The lowest BCUT2D eigenvalue weighted by Gasteiger charge is -2.47. The first kappa shape index (κ1) is 58.5. The Morgan fingerprint density at radius 2 is 0.569 bits per heavy atom. The molecule has 0 radical (unpaired) electrons. The molecule has 0 amide bonds. The van der Waals surface area contributed by atoms with Gasteiger partial charge >= 0.3 is 0 Å². The molecule has 17 aromatic carbocycles. The van der Waals surface area contributed by atoms with E-state index in [0.29, 0.717) is 0 Å². The molecule has 3 nitrogen and oxygen atoms in total. The zero-order valence-electron chi connectivity index (χ0n) is 59.2. The molecule has 2 aliphatic heterocycles. The molecule has 109 heavy (non-hydrogen) atoms. The molecule has 0 unspecified atom stereocenters. The van der Waals surface area contributed by atoms with Gasteiger partial charge in [0.1, 0.15) is 0 Å². The van der Waals surface area contributed by atoms with E-state index in [1.54, 1.807) is 0 Å². The van der Waals surface area contributed by atoms with Crippen molar-refractivity contribution in [2.45, 2.75) is 16.2 Å². The van der Waals surface area contributed by atoms with E-state index in [1.165, 1.54) is 183 Å². The fourth-order valence-corrected chi connectivity index (χ4v) is 22.8. The average Bonchev–Trinajstić information content (AvgIpc) is 1.54. The summed E-state index contributed by atoms with van der Waals surface area (Å²) in [5.74, 6) is 0. The predicted octanol–water partition coefficient (Wildman–Crippen LogP) is 23.6. The van der Waals surface area contributed by atoms with E-state index in [4.69, 9.17) is 0 Å². The Morgan fingerprint density at radius 1 is 0.211 bits per heavy atom. The van der Waals surface area contributed by atoms with Gasteiger partial charge in [-0.2, -0.15) is 0 Å². The van der Waals surface area contributed by atoms with Crippen LogP contribution in [0.4, 0.5) is 34.1 Å². The van der Waals surface area contributed by atoms with Crippen molar-refractivity contribution in [2.24, 2.45) is 0 Å². The van der Waals surface area contributed by atoms with Crippen molar-refractivity contribution in [1.29, 1.82) is 0 Å². The molecule has 0 bridgehead atoms. The van der Waals surface area contributed by atoms with Gasteiger partial charge in [0.25, 0.3) is 6.71 Å². The van der Waals surface area contributed by atoms with Crippen LogP contribution in [0.3, 0.4) is 0 Å². The molecule has 500 valence electrons. The van der Waals surface area contributed by atoms with Crippen LogP contribution in [0.15, 0.2) is 376 Å². The monoisotopic (exact) mass is 1380 g/mol. The third-order valence-electron chi connectivity index (χ3n) is 26.6. The van der Waals surface area contributed by atoms with Gasteiger partial charge < -0.3 is 14.4 Å². The number of hydrogen-bond donors (Lipinski definition) is 0. The molecular weight excluding hydrogens is 1310 g/mol. The first-order valence-electron chi connectivity index (χ1n) is 38.4. The van der Waals surface area contributed by atoms with Gasteiger partial charge in [-0.1, -0.05) is 322 Å². The van der Waals surface area contributed by atoms with Gasteiger partial charge in [-0.15, -0.1) is 0 Å². The topological polar surface area (TPSA) is 11.4 Å². The van der Waals surface area contributed by atoms with Crippen LogP contribution in [-0.2, 0) is 16.2 Å². The molecule has 0 atom stereocenters. The smallest absolute Gasteiger partial charge is 0.252 e. The van der Waals surface area contributed by atoms with E-state index in [0.717, 1.165) is 39.5 Å². The van der Waals surface area contributed by atoms with E-state index in [-0.39, 0.29) is 6.71 Å². The number of rotatable bonds is 4. The Hall–Kier alpha value is -13.8. The van der Waals surface area contributed by atoms with Gasteiger partial charge in [0.2, 0.25) is 0 Å². The molecule has 1 aromatic heterocycles. The summed E-state index contributed by atoms with van der Waals surface area (Å²) in [5.41, 5.74) is 45.7. The molecule has 6 aliphatic carbocycles. The first-order valence-corrected chi connectivity index (χ1v) is 38.4. The van der Waals surface area contributed by atoms with Gasteiger partial charge in [-0.25, -0.2) is 0 Å². The van der Waals surface area contributed by atoms with E-state index in [2.05, 4.69) is 390 Å². The molecule has 0 fully saturated rings. The molecule has 4 heteroatoms. The van der Waals surface area contributed by atoms with E-state index in [9.17, 15) is 0 Å². The Labute approximate surface area is 631 Å². The van der Waals surface area contributed by atoms with Crippen LogP contribution in [0.1, 0.15) is 66.8 Å². The second kappa shape index (κ2) is 20.8. The summed E-state index contributed by atoms with van der Waals surface area (Å²) in [4.78, 5) is 5.50. The summed E-state index contributed by atoms with van der Waals surface area (Å²) in [6, 6.07) is 146. The van der Waals surface area contributed by atoms with Crippen molar-refractivity contribution in [3.63, 3.8) is 0 Å². The maximum Gasteiger partial charge on any atom is 0.252 e. The highest BCUT2D eigenvalue weighted by Crippen LogP contribution is 2.69. The standard InChI is InChI=1S/C105H62BN3/c1-2-26-63(27-3-1)64-50-52-65(53-51-64)107-97-61-81-76-36-12-20-44-87(76)104(84-41-17-6-30-70(84)71-31-7-18-42-85(71)104)92(81)62-94(97)106-93-57-56-80-75-35-11-23-47-90(75)105(88-45-21-9-32-72(88)73-33-10-22-46-89(73)105)100(80)102(93)109(99-60-67(59-98(107)101(99)106)108-95-48-24-13-37-78(95)79-38-14-25-49-96(79)108)66-54-55-77-74-34-8-19-43-86(74)103(91(77)58-66)82-39-15-4-28-68(82)69-29-5-16-40-83(69)103/h1-62H. The van der Waals surface area contributed by atoms with E-state index >= 15 is 0 Å². The van der Waals surface area contributed by atoms with Crippen molar-refractivity contribution in [2.75, 3.05) is 9.80 Å². The lowest BCUT2D eigenvalue weighted by atomic mass is 9.33. The minimum atomic E-state index is -0.740. The molecule has 0 saturated heterocycles. The van der Waals surface area contributed by atoms with Gasteiger partial charge in [0.15, 0.2) is 0 Å². The number of anilines is 6. The maximum absolute atomic E-state index is 2.82. The highest BCUT2D eigenvalue weighted by Gasteiger charge is 2.59. The molecule has 0 saturated carbocycles. The summed E-state index contributed by atoms with van der Waals surface area (Å²) in [6.45, 7) is -0.298. The summed E-state index contributed by atoms with van der Waals surface area (Å²) >= 11 is 0.